The summed E-state index contributed by atoms with van der Waals surface area (Å²) in [7, 11) is 0. The zero-order valence-corrected chi connectivity index (χ0v) is 14.9. The normalized spacial score (nSPS) is 13.2. The van der Waals surface area contributed by atoms with Crippen molar-refractivity contribution in [3.05, 3.63) is 59.0 Å². The summed E-state index contributed by atoms with van der Waals surface area (Å²) in [5.41, 5.74) is 2.37. The smallest absolute Gasteiger partial charge is 0.262 e. The Labute approximate surface area is 153 Å². The molecule has 126 valence electrons. The van der Waals surface area contributed by atoms with E-state index in [4.69, 9.17) is 4.74 Å². The Bertz CT molecular complexity index is 964. The number of fused-ring (bicyclic) bond motifs is 2. The lowest BCUT2D eigenvalue weighted by Crippen LogP contribution is -2.25. The summed E-state index contributed by atoms with van der Waals surface area (Å²) in [5, 5.41) is 6.07. The van der Waals surface area contributed by atoms with Crippen molar-refractivity contribution in [3.8, 4) is 5.75 Å². The van der Waals surface area contributed by atoms with Crippen LogP contribution in [0.25, 0.3) is 10.1 Å². The Kier molecular flexibility index (Phi) is 4.46. The van der Waals surface area contributed by atoms with Crippen LogP contribution in [-0.2, 0) is 10.5 Å². The Morgan fingerprint density at radius 2 is 2.12 bits per heavy atom. The zero-order chi connectivity index (χ0) is 17.2. The van der Waals surface area contributed by atoms with Gasteiger partial charge in [-0.2, -0.15) is 0 Å². The highest BCUT2D eigenvalue weighted by Gasteiger charge is 2.17. The molecule has 0 fully saturated rings. The molecule has 1 aliphatic rings. The van der Waals surface area contributed by atoms with Gasteiger partial charge in [0.25, 0.3) is 5.91 Å². The number of benzene rings is 2. The third-order valence-electron chi connectivity index (χ3n) is 3.95. The predicted molar refractivity (Wildman–Crippen MR) is 103 cm³/mol. The average molecular weight is 369 g/mol. The summed E-state index contributed by atoms with van der Waals surface area (Å²) in [4.78, 5) is 23.8. The van der Waals surface area contributed by atoms with Crippen LogP contribution in [0, 0.1) is 0 Å². The van der Waals surface area contributed by atoms with Gasteiger partial charge in [-0.05, 0) is 52.7 Å². The molecule has 6 heteroatoms. The zero-order valence-electron chi connectivity index (χ0n) is 13.3. The lowest BCUT2D eigenvalue weighted by molar-refractivity contribution is -0.118. The average Bonchev–Trinajstić information content (AvgIpc) is 3.08. The van der Waals surface area contributed by atoms with E-state index >= 15 is 0 Å². The molecule has 0 atom stereocenters. The van der Waals surface area contributed by atoms with E-state index in [1.54, 1.807) is 41.3 Å². The first kappa shape index (κ1) is 16.2. The molecule has 0 bridgehead atoms. The lowest BCUT2D eigenvalue weighted by atomic mass is 10.1. The first-order valence-electron chi connectivity index (χ1n) is 7.83. The third kappa shape index (κ3) is 3.55. The van der Waals surface area contributed by atoms with Crippen LogP contribution in [0.15, 0.2) is 47.8 Å². The summed E-state index contributed by atoms with van der Waals surface area (Å²) in [6.45, 7) is 0.0185. The maximum absolute atomic E-state index is 12.4. The van der Waals surface area contributed by atoms with Gasteiger partial charge in [-0.15, -0.1) is 23.1 Å². The molecule has 1 aliphatic heterocycles. The van der Waals surface area contributed by atoms with Gasteiger partial charge in [-0.1, -0.05) is 6.07 Å². The van der Waals surface area contributed by atoms with Crippen LogP contribution in [-0.4, -0.2) is 24.1 Å². The van der Waals surface area contributed by atoms with Gasteiger partial charge >= 0.3 is 0 Å². The Hall–Kier alpha value is -2.31. The molecule has 2 heterocycles. The van der Waals surface area contributed by atoms with E-state index in [9.17, 15) is 9.59 Å². The molecule has 2 aromatic carbocycles. The number of hydrogen-bond donors (Lipinski definition) is 1. The number of Topliss-reactive ketones (excluding diaryl/α,β-unsaturated/α-hetero) is 1. The molecular formula is C19H15NO3S2. The Morgan fingerprint density at radius 3 is 3.04 bits per heavy atom. The van der Waals surface area contributed by atoms with Crippen molar-refractivity contribution in [1.82, 2.24) is 0 Å². The minimum Gasteiger partial charge on any atom is -0.482 e. The van der Waals surface area contributed by atoms with Gasteiger partial charge in [-0.25, -0.2) is 0 Å². The maximum Gasteiger partial charge on any atom is 0.262 e. The van der Waals surface area contributed by atoms with Gasteiger partial charge in [0.1, 0.15) is 5.75 Å². The number of ketones is 1. The van der Waals surface area contributed by atoms with Crippen LogP contribution < -0.4 is 10.1 Å². The van der Waals surface area contributed by atoms with Crippen molar-refractivity contribution in [2.75, 3.05) is 17.7 Å². The van der Waals surface area contributed by atoms with Crippen LogP contribution in [0.5, 0.6) is 5.75 Å². The fraction of sp³-hybridized carbons (Fsp3) is 0.158. The highest BCUT2D eigenvalue weighted by atomic mass is 32.2. The summed E-state index contributed by atoms with van der Waals surface area (Å²) >= 11 is 3.33. The van der Waals surface area contributed by atoms with Crippen molar-refractivity contribution < 1.29 is 14.3 Å². The molecule has 0 saturated heterocycles. The first-order valence-corrected chi connectivity index (χ1v) is 9.86. The van der Waals surface area contributed by atoms with E-state index in [1.807, 2.05) is 0 Å². The summed E-state index contributed by atoms with van der Waals surface area (Å²) < 4.78 is 6.59. The van der Waals surface area contributed by atoms with Crippen LogP contribution in [0.1, 0.15) is 15.9 Å². The van der Waals surface area contributed by atoms with Crippen molar-refractivity contribution in [2.24, 2.45) is 0 Å². The van der Waals surface area contributed by atoms with Crippen molar-refractivity contribution in [3.63, 3.8) is 0 Å². The van der Waals surface area contributed by atoms with Gasteiger partial charge in [0, 0.05) is 16.0 Å². The van der Waals surface area contributed by atoms with Crippen molar-refractivity contribution >= 4 is 50.6 Å². The van der Waals surface area contributed by atoms with Gasteiger partial charge in [0.05, 0.1) is 11.4 Å². The number of amides is 1. The molecule has 1 aromatic heterocycles. The largest absolute Gasteiger partial charge is 0.482 e. The molecule has 1 N–H and O–H groups in total. The number of thiophene rings is 1. The second kappa shape index (κ2) is 6.90. The quantitative estimate of drug-likeness (QED) is 0.680. The number of nitrogens with one attached hydrogen (secondary N) is 1. The highest BCUT2D eigenvalue weighted by Crippen LogP contribution is 2.29. The molecule has 4 rings (SSSR count). The van der Waals surface area contributed by atoms with Crippen LogP contribution in [0.2, 0.25) is 0 Å². The van der Waals surface area contributed by atoms with Crippen LogP contribution in [0.4, 0.5) is 5.69 Å². The van der Waals surface area contributed by atoms with E-state index < -0.39 is 0 Å². The van der Waals surface area contributed by atoms with Crippen LogP contribution >= 0.6 is 23.1 Å². The number of hydrogen-bond acceptors (Lipinski definition) is 5. The van der Waals surface area contributed by atoms with Gasteiger partial charge in [0.15, 0.2) is 12.4 Å². The van der Waals surface area contributed by atoms with Gasteiger partial charge in [0.2, 0.25) is 0 Å². The fourth-order valence-electron chi connectivity index (χ4n) is 2.71. The minimum absolute atomic E-state index is 0.0185. The Morgan fingerprint density at radius 1 is 1.20 bits per heavy atom. The van der Waals surface area contributed by atoms with Crippen molar-refractivity contribution in [1.29, 1.82) is 0 Å². The number of thioether (sulfide) groups is 1. The number of rotatable bonds is 5. The third-order valence-corrected chi connectivity index (χ3v) is 5.85. The molecule has 4 nitrogen and oxygen atoms in total. The topological polar surface area (TPSA) is 55.4 Å². The van der Waals surface area contributed by atoms with Gasteiger partial charge in [-0.3, -0.25) is 9.59 Å². The monoisotopic (exact) mass is 369 g/mol. The van der Waals surface area contributed by atoms with Gasteiger partial charge < -0.3 is 10.1 Å². The molecule has 0 unspecified atom stereocenters. The maximum atomic E-state index is 12.4. The van der Waals surface area contributed by atoms with Crippen LogP contribution in [0.3, 0.4) is 0 Å². The molecule has 1 amide bonds. The second-order valence-electron chi connectivity index (χ2n) is 5.76. The fourth-order valence-corrected chi connectivity index (χ4v) is 4.35. The van der Waals surface area contributed by atoms with Crippen molar-refractivity contribution in [2.45, 2.75) is 5.75 Å². The number of carbonyl (C=O) groups is 2. The molecule has 0 spiro atoms. The number of carbonyl (C=O) groups excluding carboxylic acids is 2. The molecule has 3 aromatic rings. The minimum atomic E-state index is -0.199. The number of anilines is 1. The SMILES string of the molecule is O=C1COc2ccc(C(=O)CSCc3ccc4sccc4c3)cc2N1. The number of ether oxygens (including phenoxy) is 1. The molecule has 0 saturated carbocycles. The molecule has 25 heavy (non-hydrogen) atoms. The molecule has 0 aliphatic carbocycles. The van der Waals surface area contributed by atoms with E-state index in [1.165, 1.54) is 15.6 Å². The molecular weight excluding hydrogens is 354 g/mol. The van der Waals surface area contributed by atoms with E-state index in [0.717, 1.165) is 5.75 Å². The summed E-state index contributed by atoms with van der Waals surface area (Å²) in [6.07, 6.45) is 0. The standard InChI is InChI=1S/C19H15NO3S2/c21-16(13-2-3-17-15(8-13)20-19(22)9-23-17)11-24-10-12-1-4-18-14(7-12)5-6-25-18/h1-8H,9-11H2,(H,20,22). The summed E-state index contributed by atoms with van der Waals surface area (Å²) in [6, 6.07) is 13.7. The predicted octanol–water partition coefficient (Wildman–Crippen LogP) is 4.35. The second-order valence-corrected chi connectivity index (χ2v) is 7.69. The highest BCUT2D eigenvalue weighted by molar-refractivity contribution is 7.99. The first-order chi connectivity index (χ1) is 12.2. The van der Waals surface area contributed by atoms with E-state index in [0.29, 0.717) is 22.8 Å². The lowest BCUT2D eigenvalue weighted by Gasteiger charge is -2.18. The van der Waals surface area contributed by atoms with E-state index in [2.05, 4.69) is 35.0 Å². The Balaban J connectivity index is 1.38. The molecule has 0 radical (unpaired) electrons. The summed E-state index contributed by atoms with van der Waals surface area (Å²) in [5.74, 6) is 1.64. The van der Waals surface area contributed by atoms with E-state index in [-0.39, 0.29) is 18.3 Å².